The standard InChI is InChI=1S/C11H20N2OS.ClH/c1-9-8-13(6-7-15-9)11(14)10-4-2-3-5-12-10;/h9-10,12H,2-8H2,1H3;1H/t9?,10-;/m1./s1. The third-order valence-corrected chi connectivity index (χ3v) is 4.30. The number of carbonyl (C=O) groups is 1. The molecule has 2 saturated heterocycles. The summed E-state index contributed by atoms with van der Waals surface area (Å²) in [6.07, 6.45) is 3.44. The fourth-order valence-electron chi connectivity index (χ4n) is 2.30. The molecule has 0 spiro atoms. The van der Waals surface area contributed by atoms with Gasteiger partial charge in [0.1, 0.15) is 0 Å². The molecule has 3 nitrogen and oxygen atoms in total. The number of rotatable bonds is 1. The van der Waals surface area contributed by atoms with Gasteiger partial charge >= 0.3 is 0 Å². The smallest absolute Gasteiger partial charge is 0.239 e. The van der Waals surface area contributed by atoms with Crippen LogP contribution in [-0.4, -0.2) is 47.5 Å². The highest BCUT2D eigenvalue weighted by molar-refractivity contribution is 7.99. The average Bonchev–Trinajstić information content (AvgIpc) is 2.29. The van der Waals surface area contributed by atoms with Gasteiger partial charge in [-0.25, -0.2) is 0 Å². The van der Waals surface area contributed by atoms with Gasteiger partial charge < -0.3 is 10.2 Å². The van der Waals surface area contributed by atoms with Gasteiger partial charge in [0.2, 0.25) is 5.91 Å². The van der Waals surface area contributed by atoms with Gasteiger partial charge in [0.25, 0.3) is 0 Å². The number of hydrogen-bond acceptors (Lipinski definition) is 3. The van der Waals surface area contributed by atoms with Crippen molar-refractivity contribution in [2.45, 2.75) is 37.5 Å². The Labute approximate surface area is 108 Å². The quantitative estimate of drug-likeness (QED) is 0.779. The van der Waals surface area contributed by atoms with Gasteiger partial charge in [-0.2, -0.15) is 11.8 Å². The fourth-order valence-corrected chi connectivity index (χ4v) is 3.32. The number of nitrogens with one attached hydrogen (secondary N) is 1. The van der Waals surface area contributed by atoms with Gasteiger partial charge in [-0.3, -0.25) is 4.79 Å². The van der Waals surface area contributed by atoms with E-state index in [-0.39, 0.29) is 18.4 Å². The van der Waals surface area contributed by atoms with E-state index in [4.69, 9.17) is 0 Å². The minimum Gasteiger partial charge on any atom is -0.339 e. The summed E-state index contributed by atoms with van der Waals surface area (Å²) in [6, 6.07) is 0.106. The van der Waals surface area contributed by atoms with Crippen molar-refractivity contribution in [3.8, 4) is 0 Å². The molecule has 0 saturated carbocycles. The van der Waals surface area contributed by atoms with Crippen LogP contribution in [0.4, 0.5) is 0 Å². The average molecular weight is 265 g/mol. The molecule has 2 atom stereocenters. The van der Waals surface area contributed by atoms with Crippen molar-refractivity contribution < 1.29 is 4.79 Å². The van der Waals surface area contributed by atoms with Crippen molar-refractivity contribution in [2.75, 3.05) is 25.4 Å². The molecular formula is C11H21ClN2OS. The zero-order valence-electron chi connectivity index (χ0n) is 9.78. The minimum absolute atomic E-state index is 0. The Morgan fingerprint density at radius 1 is 1.44 bits per heavy atom. The first-order chi connectivity index (χ1) is 7.27. The predicted octanol–water partition coefficient (Wildman–Crippen LogP) is 1.51. The third kappa shape index (κ3) is 3.54. The van der Waals surface area contributed by atoms with Crippen molar-refractivity contribution in [1.82, 2.24) is 10.2 Å². The van der Waals surface area contributed by atoms with Crippen LogP contribution >= 0.6 is 24.2 Å². The number of piperidine rings is 1. The molecule has 0 bridgehead atoms. The first-order valence-electron chi connectivity index (χ1n) is 5.91. The Morgan fingerprint density at radius 2 is 2.25 bits per heavy atom. The highest BCUT2D eigenvalue weighted by atomic mass is 35.5. The number of nitrogens with zero attached hydrogens (tertiary/aromatic N) is 1. The lowest BCUT2D eigenvalue weighted by molar-refractivity contribution is -0.133. The Hall–Kier alpha value is 0.0700. The van der Waals surface area contributed by atoms with Gasteiger partial charge in [-0.1, -0.05) is 13.3 Å². The van der Waals surface area contributed by atoms with Crippen molar-refractivity contribution in [3.05, 3.63) is 0 Å². The van der Waals surface area contributed by atoms with Crippen LogP contribution in [0.5, 0.6) is 0 Å². The summed E-state index contributed by atoms with van der Waals surface area (Å²) in [5.74, 6) is 1.43. The summed E-state index contributed by atoms with van der Waals surface area (Å²) in [6.45, 7) is 5.08. The fraction of sp³-hybridized carbons (Fsp3) is 0.909. The zero-order chi connectivity index (χ0) is 10.7. The maximum absolute atomic E-state index is 12.2. The van der Waals surface area contributed by atoms with Crippen molar-refractivity contribution in [1.29, 1.82) is 0 Å². The Bertz CT molecular complexity index is 234. The van der Waals surface area contributed by atoms with E-state index < -0.39 is 0 Å². The molecule has 2 aliphatic rings. The Balaban J connectivity index is 0.00000128. The molecule has 2 aliphatic heterocycles. The molecule has 2 rings (SSSR count). The van der Waals surface area contributed by atoms with Crippen LogP contribution in [0.1, 0.15) is 26.2 Å². The molecule has 2 heterocycles. The summed E-state index contributed by atoms with van der Waals surface area (Å²) < 4.78 is 0. The molecule has 2 fully saturated rings. The monoisotopic (exact) mass is 264 g/mol. The molecule has 5 heteroatoms. The molecule has 0 aromatic rings. The van der Waals surface area contributed by atoms with E-state index in [1.54, 1.807) is 0 Å². The summed E-state index contributed by atoms with van der Waals surface area (Å²) in [4.78, 5) is 14.2. The maximum Gasteiger partial charge on any atom is 0.239 e. The second-order valence-corrected chi connectivity index (χ2v) is 6.01. The molecule has 16 heavy (non-hydrogen) atoms. The molecule has 1 N–H and O–H groups in total. The molecule has 0 aromatic heterocycles. The third-order valence-electron chi connectivity index (χ3n) is 3.16. The maximum atomic E-state index is 12.2. The van der Waals surface area contributed by atoms with Gasteiger partial charge in [0.05, 0.1) is 6.04 Å². The van der Waals surface area contributed by atoms with Crippen LogP contribution in [0.2, 0.25) is 0 Å². The van der Waals surface area contributed by atoms with Gasteiger partial charge in [-0.05, 0) is 19.4 Å². The van der Waals surface area contributed by atoms with Crippen LogP contribution in [0.25, 0.3) is 0 Å². The van der Waals surface area contributed by atoms with E-state index in [1.807, 2.05) is 16.7 Å². The predicted molar refractivity (Wildman–Crippen MR) is 71.4 cm³/mol. The summed E-state index contributed by atoms with van der Waals surface area (Å²) >= 11 is 1.97. The van der Waals surface area contributed by atoms with Crippen molar-refractivity contribution in [3.63, 3.8) is 0 Å². The van der Waals surface area contributed by atoms with Crippen molar-refractivity contribution in [2.24, 2.45) is 0 Å². The topological polar surface area (TPSA) is 32.3 Å². The van der Waals surface area contributed by atoms with Gasteiger partial charge in [0, 0.05) is 24.1 Å². The highest BCUT2D eigenvalue weighted by Crippen LogP contribution is 2.19. The van der Waals surface area contributed by atoms with Gasteiger partial charge in [-0.15, -0.1) is 12.4 Å². The summed E-state index contributed by atoms with van der Waals surface area (Å²) in [5, 5.41) is 3.94. The van der Waals surface area contributed by atoms with Crippen LogP contribution in [0.3, 0.4) is 0 Å². The van der Waals surface area contributed by atoms with Crippen LogP contribution in [0, 0.1) is 0 Å². The second kappa shape index (κ2) is 6.72. The summed E-state index contributed by atoms with van der Waals surface area (Å²) in [5.41, 5.74) is 0. The molecule has 0 aromatic carbocycles. The number of amides is 1. The van der Waals surface area contributed by atoms with E-state index in [0.717, 1.165) is 31.8 Å². The van der Waals surface area contributed by atoms with Crippen LogP contribution in [0.15, 0.2) is 0 Å². The van der Waals surface area contributed by atoms with Crippen LogP contribution in [-0.2, 0) is 4.79 Å². The van der Waals surface area contributed by atoms with E-state index in [2.05, 4.69) is 12.2 Å². The first-order valence-corrected chi connectivity index (χ1v) is 6.96. The first kappa shape index (κ1) is 14.1. The lowest BCUT2D eigenvalue weighted by Crippen LogP contribution is -2.51. The van der Waals surface area contributed by atoms with Crippen molar-refractivity contribution >= 4 is 30.1 Å². The molecule has 1 unspecified atom stereocenters. The molecule has 0 aliphatic carbocycles. The molecule has 0 radical (unpaired) electrons. The number of hydrogen-bond donors (Lipinski definition) is 1. The summed E-state index contributed by atoms with van der Waals surface area (Å²) in [7, 11) is 0. The number of carbonyl (C=O) groups excluding carboxylic acids is 1. The highest BCUT2D eigenvalue weighted by Gasteiger charge is 2.28. The normalized spacial score (nSPS) is 30.7. The van der Waals surface area contributed by atoms with Gasteiger partial charge in [0.15, 0.2) is 0 Å². The van der Waals surface area contributed by atoms with E-state index in [9.17, 15) is 4.79 Å². The zero-order valence-corrected chi connectivity index (χ0v) is 11.4. The van der Waals surface area contributed by atoms with E-state index in [1.165, 1.54) is 12.8 Å². The Kier molecular flexibility index (Phi) is 5.94. The second-order valence-electron chi connectivity index (χ2n) is 4.47. The van der Waals surface area contributed by atoms with E-state index in [0.29, 0.717) is 11.2 Å². The van der Waals surface area contributed by atoms with E-state index >= 15 is 0 Å². The molecule has 94 valence electrons. The number of thioether (sulfide) groups is 1. The SMILES string of the molecule is CC1CN(C(=O)[C@H]2CCCCN2)CCS1.Cl. The Morgan fingerprint density at radius 3 is 2.88 bits per heavy atom. The lowest BCUT2D eigenvalue weighted by Gasteiger charge is -2.34. The minimum atomic E-state index is 0. The molecule has 1 amide bonds. The molecular weight excluding hydrogens is 244 g/mol. The number of halogens is 1. The van der Waals surface area contributed by atoms with Crippen LogP contribution < -0.4 is 5.32 Å². The lowest BCUT2D eigenvalue weighted by atomic mass is 10.0. The largest absolute Gasteiger partial charge is 0.339 e.